The molecule has 0 aliphatic heterocycles. The molecule has 90 valence electrons. The molecule has 1 aromatic rings. The van der Waals surface area contributed by atoms with Crippen molar-refractivity contribution in [2.45, 2.75) is 33.2 Å². The van der Waals surface area contributed by atoms with Crippen LogP contribution in [0.3, 0.4) is 0 Å². The first kappa shape index (κ1) is 12.9. The molecule has 0 amide bonds. The molecule has 0 aliphatic carbocycles. The highest BCUT2D eigenvalue weighted by atomic mass is 16.4. The van der Waals surface area contributed by atoms with Crippen LogP contribution < -0.4 is 5.32 Å². The molecule has 0 unspecified atom stereocenters. The van der Waals surface area contributed by atoms with Gasteiger partial charge in [0.1, 0.15) is 17.2 Å². The maximum atomic E-state index is 11.0. The van der Waals surface area contributed by atoms with Gasteiger partial charge >= 0.3 is 5.97 Å². The van der Waals surface area contributed by atoms with Crippen molar-refractivity contribution < 1.29 is 9.90 Å². The number of hydrogen-bond donors (Lipinski definition) is 2. The molecule has 1 rings (SSSR count). The fourth-order valence-electron chi connectivity index (χ4n) is 1.18. The minimum absolute atomic E-state index is 0.197. The standard InChI is InChI=1S/C11H14N4O2/c1-6-7(2)14-15-9(8(6)5-12)13-11(3,4)10(16)17/h1-4H3,(H,13,15)(H,16,17). The molecule has 1 heterocycles. The molecule has 0 bridgehead atoms. The minimum Gasteiger partial charge on any atom is -0.480 e. The van der Waals surface area contributed by atoms with E-state index in [2.05, 4.69) is 15.5 Å². The van der Waals surface area contributed by atoms with Crippen LogP contribution in [0.1, 0.15) is 30.7 Å². The summed E-state index contributed by atoms with van der Waals surface area (Å²) in [6.07, 6.45) is 0. The molecule has 0 saturated carbocycles. The number of hydrogen-bond acceptors (Lipinski definition) is 5. The Labute approximate surface area is 99.3 Å². The fourth-order valence-corrected chi connectivity index (χ4v) is 1.18. The molecular weight excluding hydrogens is 220 g/mol. The molecule has 6 nitrogen and oxygen atoms in total. The Kier molecular flexibility index (Phi) is 3.32. The summed E-state index contributed by atoms with van der Waals surface area (Å²) >= 11 is 0. The number of carbonyl (C=O) groups is 1. The number of rotatable bonds is 3. The van der Waals surface area contributed by atoms with Crippen molar-refractivity contribution in [1.82, 2.24) is 10.2 Å². The Bertz CT molecular complexity index is 503. The van der Waals surface area contributed by atoms with E-state index in [0.29, 0.717) is 16.8 Å². The van der Waals surface area contributed by atoms with E-state index in [9.17, 15) is 4.79 Å². The lowest BCUT2D eigenvalue weighted by atomic mass is 10.0. The summed E-state index contributed by atoms with van der Waals surface area (Å²) in [5.74, 6) is -0.829. The Balaban J connectivity index is 3.22. The van der Waals surface area contributed by atoms with Crippen molar-refractivity contribution in [3.8, 4) is 6.07 Å². The third-order valence-electron chi connectivity index (χ3n) is 2.53. The second-order valence-electron chi connectivity index (χ2n) is 4.30. The smallest absolute Gasteiger partial charge is 0.328 e. The molecule has 1 aromatic heterocycles. The lowest BCUT2D eigenvalue weighted by Crippen LogP contribution is -2.40. The van der Waals surface area contributed by atoms with Gasteiger partial charge in [0.15, 0.2) is 5.82 Å². The number of carboxylic acids is 1. The topological polar surface area (TPSA) is 98.9 Å². The number of aromatic nitrogens is 2. The Morgan fingerprint density at radius 3 is 2.47 bits per heavy atom. The third kappa shape index (κ3) is 2.50. The van der Waals surface area contributed by atoms with Gasteiger partial charge in [0.2, 0.25) is 0 Å². The van der Waals surface area contributed by atoms with Crippen LogP contribution >= 0.6 is 0 Å². The summed E-state index contributed by atoms with van der Waals surface area (Å²) < 4.78 is 0. The van der Waals surface area contributed by atoms with Gasteiger partial charge in [-0.05, 0) is 33.3 Å². The SMILES string of the molecule is Cc1nnc(NC(C)(C)C(=O)O)c(C#N)c1C. The van der Waals surface area contributed by atoms with E-state index in [4.69, 9.17) is 10.4 Å². The molecule has 0 aromatic carbocycles. The first-order chi connectivity index (χ1) is 7.79. The summed E-state index contributed by atoms with van der Waals surface area (Å²) in [4.78, 5) is 11.0. The van der Waals surface area contributed by atoms with Crippen molar-refractivity contribution in [2.75, 3.05) is 5.32 Å². The van der Waals surface area contributed by atoms with Crippen LogP contribution in [-0.2, 0) is 4.79 Å². The Morgan fingerprint density at radius 2 is 2.00 bits per heavy atom. The molecule has 0 aliphatic rings. The first-order valence-electron chi connectivity index (χ1n) is 5.05. The average Bonchev–Trinajstić information content (AvgIpc) is 2.23. The van der Waals surface area contributed by atoms with Gasteiger partial charge in [-0.25, -0.2) is 4.79 Å². The second kappa shape index (κ2) is 4.37. The van der Waals surface area contributed by atoms with Gasteiger partial charge in [-0.3, -0.25) is 0 Å². The molecule has 0 spiro atoms. The summed E-state index contributed by atoms with van der Waals surface area (Å²) in [7, 11) is 0. The molecular formula is C11H14N4O2. The summed E-state index contributed by atoms with van der Waals surface area (Å²) in [5.41, 5.74) is 0.473. The van der Waals surface area contributed by atoms with E-state index in [-0.39, 0.29) is 5.82 Å². The van der Waals surface area contributed by atoms with Gasteiger partial charge < -0.3 is 10.4 Å². The Morgan fingerprint density at radius 1 is 1.41 bits per heavy atom. The zero-order chi connectivity index (χ0) is 13.2. The zero-order valence-corrected chi connectivity index (χ0v) is 10.2. The minimum atomic E-state index is -1.21. The predicted octanol–water partition coefficient (Wildman–Crippen LogP) is 1.24. The number of anilines is 1. The van der Waals surface area contributed by atoms with Crippen molar-refractivity contribution >= 4 is 11.8 Å². The van der Waals surface area contributed by atoms with Crippen LogP contribution in [0.25, 0.3) is 0 Å². The van der Waals surface area contributed by atoms with Gasteiger partial charge in [0.05, 0.1) is 5.69 Å². The number of aliphatic carboxylic acids is 1. The number of carboxylic acid groups (broad SMARTS) is 1. The van der Waals surface area contributed by atoms with Crippen LogP contribution in [0.4, 0.5) is 5.82 Å². The quantitative estimate of drug-likeness (QED) is 0.816. The number of nitrogens with zero attached hydrogens (tertiary/aromatic N) is 3. The zero-order valence-electron chi connectivity index (χ0n) is 10.2. The van der Waals surface area contributed by atoms with E-state index < -0.39 is 11.5 Å². The predicted molar refractivity (Wildman–Crippen MR) is 61.6 cm³/mol. The highest BCUT2D eigenvalue weighted by Crippen LogP contribution is 2.20. The average molecular weight is 234 g/mol. The van der Waals surface area contributed by atoms with Crippen molar-refractivity contribution in [2.24, 2.45) is 0 Å². The van der Waals surface area contributed by atoms with Crippen molar-refractivity contribution in [3.05, 3.63) is 16.8 Å². The molecule has 0 atom stereocenters. The van der Waals surface area contributed by atoms with Crippen LogP contribution in [0.2, 0.25) is 0 Å². The normalized spacial score (nSPS) is 10.8. The van der Waals surface area contributed by atoms with E-state index >= 15 is 0 Å². The van der Waals surface area contributed by atoms with E-state index in [1.165, 1.54) is 13.8 Å². The van der Waals surface area contributed by atoms with Gasteiger partial charge in [0, 0.05) is 0 Å². The monoisotopic (exact) mass is 234 g/mol. The molecule has 2 N–H and O–H groups in total. The first-order valence-corrected chi connectivity index (χ1v) is 5.05. The fraction of sp³-hybridized carbons (Fsp3) is 0.455. The van der Waals surface area contributed by atoms with Crippen LogP contribution in [0.5, 0.6) is 0 Å². The van der Waals surface area contributed by atoms with Gasteiger partial charge in [-0.1, -0.05) is 0 Å². The molecule has 0 radical (unpaired) electrons. The molecule has 0 saturated heterocycles. The largest absolute Gasteiger partial charge is 0.480 e. The summed E-state index contributed by atoms with van der Waals surface area (Å²) in [5, 5.41) is 28.5. The summed E-state index contributed by atoms with van der Waals surface area (Å²) in [6.45, 7) is 6.48. The van der Waals surface area contributed by atoms with E-state index in [0.717, 1.165) is 0 Å². The van der Waals surface area contributed by atoms with Crippen molar-refractivity contribution in [1.29, 1.82) is 5.26 Å². The number of nitriles is 1. The molecule has 17 heavy (non-hydrogen) atoms. The Hall–Kier alpha value is -2.16. The maximum absolute atomic E-state index is 11.0. The molecule has 0 fully saturated rings. The number of aryl methyl sites for hydroxylation is 1. The number of nitrogens with one attached hydrogen (secondary N) is 1. The lowest BCUT2D eigenvalue weighted by Gasteiger charge is -2.22. The van der Waals surface area contributed by atoms with Crippen LogP contribution in [0.15, 0.2) is 0 Å². The molecule has 6 heteroatoms. The highest BCUT2D eigenvalue weighted by Gasteiger charge is 2.28. The van der Waals surface area contributed by atoms with Gasteiger partial charge in [-0.15, -0.1) is 5.10 Å². The van der Waals surface area contributed by atoms with Gasteiger partial charge in [-0.2, -0.15) is 10.4 Å². The highest BCUT2D eigenvalue weighted by molar-refractivity contribution is 5.81. The lowest BCUT2D eigenvalue weighted by molar-refractivity contribution is -0.141. The van der Waals surface area contributed by atoms with Crippen LogP contribution in [-0.4, -0.2) is 26.8 Å². The van der Waals surface area contributed by atoms with E-state index in [1.54, 1.807) is 13.8 Å². The van der Waals surface area contributed by atoms with Crippen LogP contribution in [0, 0.1) is 25.2 Å². The van der Waals surface area contributed by atoms with Crippen molar-refractivity contribution in [3.63, 3.8) is 0 Å². The summed E-state index contributed by atoms with van der Waals surface area (Å²) in [6, 6.07) is 2.01. The van der Waals surface area contributed by atoms with E-state index in [1.807, 2.05) is 6.07 Å². The third-order valence-corrected chi connectivity index (χ3v) is 2.53. The maximum Gasteiger partial charge on any atom is 0.328 e. The van der Waals surface area contributed by atoms with Gasteiger partial charge in [0.25, 0.3) is 0 Å². The second-order valence-corrected chi connectivity index (χ2v) is 4.30.